The summed E-state index contributed by atoms with van der Waals surface area (Å²) in [7, 11) is 0. The zero-order valence-corrected chi connectivity index (χ0v) is 14.6. The van der Waals surface area contributed by atoms with E-state index >= 15 is 0 Å². The van der Waals surface area contributed by atoms with Crippen molar-refractivity contribution in [3.05, 3.63) is 83.9 Å². The summed E-state index contributed by atoms with van der Waals surface area (Å²) in [4.78, 5) is 26.6. The predicted octanol–water partition coefficient (Wildman–Crippen LogP) is 3.88. The fourth-order valence-corrected chi connectivity index (χ4v) is 3.41. The zero-order valence-electron chi connectivity index (χ0n) is 14.6. The molecule has 134 valence electrons. The molecular formula is C22H23NO3. The fraction of sp³-hybridized carbons (Fsp3) is 0.273. The summed E-state index contributed by atoms with van der Waals surface area (Å²) in [5.41, 5.74) is 2.07. The molecule has 0 radical (unpaired) electrons. The number of carboxylic acid groups (broad SMARTS) is 1. The number of amides is 1. The summed E-state index contributed by atoms with van der Waals surface area (Å²) in [5.74, 6) is -2.15. The maximum atomic E-state index is 13.3. The highest BCUT2D eigenvalue weighted by molar-refractivity contribution is 5.85. The van der Waals surface area contributed by atoms with E-state index in [9.17, 15) is 14.7 Å². The largest absolute Gasteiger partial charge is 0.481 e. The monoisotopic (exact) mass is 349 g/mol. The molecule has 2 atom stereocenters. The second-order valence-electron chi connectivity index (χ2n) is 6.66. The third-order valence-corrected chi connectivity index (χ3v) is 4.81. The smallest absolute Gasteiger partial charge is 0.307 e. The Bertz CT molecular complexity index is 729. The first-order valence-electron chi connectivity index (χ1n) is 8.89. The van der Waals surface area contributed by atoms with Crippen LogP contribution in [0.3, 0.4) is 0 Å². The molecule has 4 nitrogen and oxygen atoms in total. The van der Waals surface area contributed by atoms with Crippen LogP contribution in [0, 0.1) is 11.8 Å². The third kappa shape index (κ3) is 4.39. The van der Waals surface area contributed by atoms with Gasteiger partial charge in [0.1, 0.15) is 0 Å². The van der Waals surface area contributed by atoms with Crippen LogP contribution in [-0.2, 0) is 22.7 Å². The van der Waals surface area contributed by atoms with Gasteiger partial charge in [-0.1, -0.05) is 72.8 Å². The van der Waals surface area contributed by atoms with Crippen LogP contribution in [0.5, 0.6) is 0 Å². The van der Waals surface area contributed by atoms with Crippen molar-refractivity contribution in [3.8, 4) is 0 Å². The SMILES string of the molecule is O=C(O)[C@@H]1CC=CC[C@H]1C(=O)N(Cc1ccccc1)Cc1ccccc1. The van der Waals surface area contributed by atoms with Gasteiger partial charge in [-0.15, -0.1) is 0 Å². The number of carboxylic acids is 1. The molecule has 0 fully saturated rings. The third-order valence-electron chi connectivity index (χ3n) is 4.81. The number of hydrogen-bond donors (Lipinski definition) is 1. The molecule has 0 spiro atoms. The van der Waals surface area contributed by atoms with Gasteiger partial charge in [-0.05, 0) is 24.0 Å². The number of benzene rings is 2. The maximum Gasteiger partial charge on any atom is 0.307 e. The normalized spacial score (nSPS) is 19.1. The molecule has 1 aliphatic carbocycles. The lowest BCUT2D eigenvalue weighted by molar-refractivity contribution is -0.151. The summed E-state index contributed by atoms with van der Waals surface area (Å²) in [6, 6.07) is 19.6. The van der Waals surface area contributed by atoms with Crippen molar-refractivity contribution in [1.82, 2.24) is 4.90 Å². The average molecular weight is 349 g/mol. The molecule has 26 heavy (non-hydrogen) atoms. The first kappa shape index (κ1) is 17.9. The topological polar surface area (TPSA) is 57.6 Å². The number of aliphatic carboxylic acids is 1. The Labute approximate surface area is 153 Å². The molecule has 0 saturated heterocycles. The maximum absolute atomic E-state index is 13.3. The van der Waals surface area contributed by atoms with E-state index in [1.807, 2.05) is 72.8 Å². The number of nitrogens with zero attached hydrogens (tertiary/aromatic N) is 1. The van der Waals surface area contributed by atoms with Crippen LogP contribution in [0.2, 0.25) is 0 Å². The summed E-state index contributed by atoms with van der Waals surface area (Å²) in [6.45, 7) is 0.947. The highest BCUT2D eigenvalue weighted by atomic mass is 16.4. The molecule has 0 bridgehead atoms. The van der Waals surface area contributed by atoms with Crippen LogP contribution < -0.4 is 0 Å². The van der Waals surface area contributed by atoms with Gasteiger partial charge in [0.15, 0.2) is 0 Å². The van der Waals surface area contributed by atoms with Crippen molar-refractivity contribution in [2.45, 2.75) is 25.9 Å². The van der Waals surface area contributed by atoms with Crippen LogP contribution in [0.25, 0.3) is 0 Å². The Kier molecular flexibility index (Phi) is 5.84. The van der Waals surface area contributed by atoms with Crippen molar-refractivity contribution in [2.75, 3.05) is 0 Å². The quantitative estimate of drug-likeness (QED) is 0.805. The summed E-state index contributed by atoms with van der Waals surface area (Å²) >= 11 is 0. The van der Waals surface area contributed by atoms with E-state index in [2.05, 4.69) is 0 Å². The van der Waals surface area contributed by atoms with Crippen molar-refractivity contribution in [2.24, 2.45) is 11.8 Å². The lowest BCUT2D eigenvalue weighted by atomic mass is 9.82. The fourth-order valence-electron chi connectivity index (χ4n) is 3.41. The first-order valence-corrected chi connectivity index (χ1v) is 8.89. The average Bonchev–Trinajstić information content (AvgIpc) is 2.68. The summed E-state index contributed by atoms with van der Waals surface area (Å²) < 4.78 is 0. The molecule has 2 aromatic carbocycles. The van der Waals surface area contributed by atoms with Gasteiger partial charge in [0.25, 0.3) is 0 Å². The number of carbonyl (C=O) groups is 2. The Hall–Kier alpha value is -2.88. The molecular weight excluding hydrogens is 326 g/mol. The van der Waals surface area contributed by atoms with Gasteiger partial charge in [-0.3, -0.25) is 9.59 Å². The summed E-state index contributed by atoms with van der Waals surface area (Å²) in [6.07, 6.45) is 4.68. The Morgan fingerprint density at radius 1 is 0.808 bits per heavy atom. The molecule has 4 heteroatoms. The van der Waals surface area contributed by atoms with E-state index in [0.717, 1.165) is 11.1 Å². The lowest BCUT2D eigenvalue weighted by Gasteiger charge is -2.31. The second kappa shape index (κ2) is 8.48. The minimum atomic E-state index is -0.896. The van der Waals surface area contributed by atoms with E-state index in [4.69, 9.17) is 0 Å². The zero-order chi connectivity index (χ0) is 18.4. The summed E-state index contributed by atoms with van der Waals surface area (Å²) in [5, 5.41) is 9.51. The predicted molar refractivity (Wildman–Crippen MR) is 100 cm³/mol. The molecule has 1 aliphatic rings. The van der Waals surface area contributed by atoms with E-state index in [0.29, 0.717) is 25.9 Å². The Balaban J connectivity index is 1.84. The first-order chi connectivity index (χ1) is 12.6. The van der Waals surface area contributed by atoms with Crippen molar-refractivity contribution in [3.63, 3.8) is 0 Å². The molecule has 0 saturated carbocycles. The minimum Gasteiger partial charge on any atom is -0.481 e. The van der Waals surface area contributed by atoms with Gasteiger partial charge in [0.05, 0.1) is 11.8 Å². The van der Waals surface area contributed by atoms with Crippen LogP contribution in [0.4, 0.5) is 0 Å². The molecule has 0 unspecified atom stereocenters. The van der Waals surface area contributed by atoms with Crippen LogP contribution >= 0.6 is 0 Å². The van der Waals surface area contributed by atoms with Crippen LogP contribution in [0.1, 0.15) is 24.0 Å². The van der Waals surface area contributed by atoms with Gasteiger partial charge >= 0.3 is 5.97 Å². The van der Waals surface area contributed by atoms with Crippen LogP contribution in [-0.4, -0.2) is 21.9 Å². The number of carbonyl (C=O) groups excluding carboxylic acids is 1. The minimum absolute atomic E-state index is 0.0885. The van der Waals surface area contributed by atoms with Gasteiger partial charge in [0.2, 0.25) is 5.91 Å². The molecule has 3 rings (SSSR count). The second-order valence-corrected chi connectivity index (χ2v) is 6.66. The van der Waals surface area contributed by atoms with Gasteiger partial charge in [0, 0.05) is 13.1 Å². The van der Waals surface area contributed by atoms with E-state index in [1.165, 1.54) is 0 Å². The lowest BCUT2D eigenvalue weighted by Crippen LogP contribution is -2.41. The van der Waals surface area contributed by atoms with Crippen molar-refractivity contribution < 1.29 is 14.7 Å². The van der Waals surface area contributed by atoms with Crippen molar-refractivity contribution in [1.29, 1.82) is 0 Å². The molecule has 0 aliphatic heterocycles. The Morgan fingerprint density at radius 3 is 1.73 bits per heavy atom. The Morgan fingerprint density at radius 2 is 1.27 bits per heavy atom. The van der Waals surface area contributed by atoms with Crippen molar-refractivity contribution >= 4 is 11.9 Å². The van der Waals surface area contributed by atoms with Crippen LogP contribution in [0.15, 0.2) is 72.8 Å². The molecule has 0 heterocycles. The number of rotatable bonds is 6. The van der Waals surface area contributed by atoms with E-state index in [-0.39, 0.29) is 5.91 Å². The van der Waals surface area contributed by atoms with Gasteiger partial charge in [-0.2, -0.15) is 0 Å². The standard InChI is InChI=1S/C22H23NO3/c24-21(19-13-7-8-14-20(19)22(25)26)23(15-17-9-3-1-4-10-17)16-18-11-5-2-6-12-18/h1-12,19-20H,13-16H2,(H,25,26)/t19-,20-/m1/s1. The number of hydrogen-bond acceptors (Lipinski definition) is 2. The molecule has 0 aromatic heterocycles. The highest BCUT2D eigenvalue weighted by Crippen LogP contribution is 2.29. The van der Waals surface area contributed by atoms with Gasteiger partial charge in [-0.25, -0.2) is 0 Å². The molecule has 1 N–H and O–H groups in total. The van der Waals surface area contributed by atoms with Gasteiger partial charge < -0.3 is 10.0 Å². The molecule has 2 aromatic rings. The van der Waals surface area contributed by atoms with E-state index < -0.39 is 17.8 Å². The van der Waals surface area contributed by atoms with E-state index in [1.54, 1.807) is 4.90 Å². The number of allylic oxidation sites excluding steroid dienone is 2. The highest BCUT2D eigenvalue weighted by Gasteiger charge is 2.36. The molecule has 1 amide bonds.